The van der Waals surface area contributed by atoms with Gasteiger partial charge in [0.2, 0.25) is 0 Å². The minimum atomic E-state index is -0.320. The molecule has 35 heavy (non-hydrogen) atoms. The van der Waals surface area contributed by atoms with Crippen LogP contribution < -0.4 is 10.1 Å². The Morgan fingerprint density at radius 1 is 1.03 bits per heavy atom. The number of benzene rings is 3. The van der Waals surface area contributed by atoms with E-state index in [1.807, 2.05) is 56.3 Å². The lowest BCUT2D eigenvalue weighted by atomic mass is 10.1. The number of nitrogens with one attached hydrogen (secondary N) is 1. The molecule has 1 aliphatic rings. The molecule has 0 unspecified atom stereocenters. The Balaban J connectivity index is 1.35. The van der Waals surface area contributed by atoms with Gasteiger partial charge in [-0.3, -0.25) is 19.3 Å². The fraction of sp³-hybridized carbons (Fsp3) is 0.148. The Morgan fingerprint density at radius 3 is 2.51 bits per heavy atom. The van der Waals surface area contributed by atoms with Gasteiger partial charge < -0.3 is 10.1 Å². The van der Waals surface area contributed by atoms with Crippen LogP contribution in [0.15, 0.2) is 76.1 Å². The molecule has 3 aromatic rings. The first kappa shape index (κ1) is 24.8. The zero-order valence-corrected chi connectivity index (χ0v) is 21.6. The summed E-state index contributed by atoms with van der Waals surface area (Å²) in [6.45, 7) is 4.03. The third kappa shape index (κ3) is 6.01. The Bertz CT molecular complexity index is 1320. The molecule has 3 amide bonds. The normalized spacial score (nSPS) is 14.5. The van der Waals surface area contributed by atoms with Crippen molar-refractivity contribution in [2.24, 2.45) is 0 Å². The maximum Gasteiger partial charge on any atom is 0.293 e. The van der Waals surface area contributed by atoms with Crippen molar-refractivity contribution in [3.8, 4) is 5.75 Å². The quantitative estimate of drug-likeness (QED) is 0.348. The maximum atomic E-state index is 12.8. The van der Waals surface area contributed by atoms with Crippen molar-refractivity contribution in [2.75, 3.05) is 11.9 Å². The number of carbonyl (C=O) groups excluding carboxylic acids is 3. The van der Waals surface area contributed by atoms with E-state index in [2.05, 4.69) is 21.2 Å². The molecule has 4 rings (SSSR count). The lowest BCUT2D eigenvalue weighted by molar-refractivity contribution is -0.123. The molecule has 1 aliphatic heterocycles. The third-order valence-electron chi connectivity index (χ3n) is 5.59. The van der Waals surface area contributed by atoms with Gasteiger partial charge in [0.1, 0.15) is 5.75 Å². The van der Waals surface area contributed by atoms with Gasteiger partial charge in [0, 0.05) is 10.2 Å². The van der Waals surface area contributed by atoms with Crippen molar-refractivity contribution in [1.29, 1.82) is 0 Å². The van der Waals surface area contributed by atoms with Crippen molar-refractivity contribution < 1.29 is 19.1 Å². The minimum absolute atomic E-state index is 0.124. The fourth-order valence-corrected chi connectivity index (χ4v) is 4.72. The van der Waals surface area contributed by atoms with Crippen LogP contribution in [0.4, 0.5) is 10.5 Å². The molecule has 8 heteroatoms. The molecule has 1 N–H and O–H groups in total. The van der Waals surface area contributed by atoms with E-state index in [4.69, 9.17) is 4.74 Å². The molecule has 0 aliphatic carbocycles. The summed E-state index contributed by atoms with van der Waals surface area (Å²) in [4.78, 5) is 39.1. The summed E-state index contributed by atoms with van der Waals surface area (Å²) in [7, 11) is 0. The summed E-state index contributed by atoms with van der Waals surface area (Å²) in [5.41, 5.74) is 4.50. The molecule has 1 heterocycles. The van der Waals surface area contributed by atoms with E-state index in [1.54, 1.807) is 30.3 Å². The van der Waals surface area contributed by atoms with Crippen molar-refractivity contribution in [3.63, 3.8) is 0 Å². The lowest BCUT2D eigenvalue weighted by Crippen LogP contribution is -2.27. The zero-order chi connectivity index (χ0) is 24.9. The topological polar surface area (TPSA) is 75.7 Å². The van der Waals surface area contributed by atoms with E-state index < -0.39 is 0 Å². The highest BCUT2D eigenvalue weighted by atomic mass is 79.9. The van der Waals surface area contributed by atoms with E-state index in [0.717, 1.165) is 44.2 Å². The Kier molecular flexibility index (Phi) is 7.73. The van der Waals surface area contributed by atoms with Crippen molar-refractivity contribution >= 4 is 56.5 Å². The van der Waals surface area contributed by atoms with Gasteiger partial charge in [-0.25, -0.2) is 0 Å². The van der Waals surface area contributed by atoms with E-state index in [-0.39, 0.29) is 30.2 Å². The molecule has 0 atom stereocenters. The van der Waals surface area contributed by atoms with Crippen LogP contribution in [0, 0.1) is 13.8 Å². The first-order valence-corrected chi connectivity index (χ1v) is 12.5. The third-order valence-corrected chi connectivity index (χ3v) is 7.27. The Morgan fingerprint density at radius 2 is 1.77 bits per heavy atom. The second-order valence-corrected chi connectivity index (χ2v) is 9.86. The summed E-state index contributed by atoms with van der Waals surface area (Å²) in [5, 5.41) is 2.56. The molecular formula is C27H23BrN2O4S. The number of nitrogens with zero attached hydrogens (tertiary/aromatic N) is 1. The highest BCUT2D eigenvalue weighted by molar-refractivity contribution is 9.10. The monoisotopic (exact) mass is 550 g/mol. The van der Waals surface area contributed by atoms with Crippen LogP contribution in [0.3, 0.4) is 0 Å². The molecule has 0 aromatic heterocycles. The number of carbonyl (C=O) groups is 3. The van der Waals surface area contributed by atoms with Gasteiger partial charge >= 0.3 is 0 Å². The molecule has 178 valence electrons. The number of thioether (sulfide) groups is 1. The van der Waals surface area contributed by atoms with Crippen LogP contribution >= 0.6 is 27.7 Å². The number of rotatable bonds is 7. The highest BCUT2D eigenvalue weighted by Gasteiger charge is 2.35. The number of hydrogen-bond donors (Lipinski definition) is 1. The average Bonchev–Trinajstić information content (AvgIpc) is 3.10. The van der Waals surface area contributed by atoms with Gasteiger partial charge in [-0.15, -0.1) is 0 Å². The summed E-state index contributed by atoms with van der Waals surface area (Å²) in [6.07, 6.45) is 1.68. The summed E-state index contributed by atoms with van der Waals surface area (Å²) in [6, 6.07) is 20.2. The Hall–Kier alpha value is -3.36. The number of anilines is 1. The highest BCUT2D eigenvalue weighted by Crippen LogP contribution is 2.34. The van der Waals surface area contributed by atoms with Crippen molar-refractivity contribution in [2.45, 2.75) is 20.4 Å². The largest absolute Gasteiger partial charge is 0.484 e. The Labute approximate surface area is 216 Å². The number of halogens is 1. The fourth-order valence-electron chi connectivity index (χ4n) is 3.47. The maximum absolute atomic E-state index is 12.8. The van der Waals surface area contributed by atoms with Crippen LogP contribution in [0.25, 0.3) is 6.08 Å². The summed E-state index contributed by atoms with van der Waals surface area (Å²) >= 11 is 4.38. The van der Waals surface area contributed by atoms with E-state index in [0.29, 0.717) is 10.7 Å². The number of aryl methyl sites for hydroxylation is 1. The van der Waals surface area contributed by atoms with Crippen molar-refractivity contribution in [3.05, 3.63) is 98.4 Å². The van der Waals surface area contributed by atoms with Crippen molar-refractivity contribution in [1.82, 2.24) is 4.90 Å². The van der Waals surface area contributed by atoms with Gasteiger partial charge in [0.05, 0.1) is 11.4 Å². The zero-order valence-electron chi connectivity index (χ0n) is 19.2. The standard InChI is InChI=1S/C27H23BrN2O4S/c1-17-6-5-9-23(18(17)2)29-25(31)16-34-21-12-10-19(11-13-21)14-24-26(32)30(27(33)35-24)15-20-7-3-4-8-22(20)28/h3-14H,15-16H2,1-2H3,(H,29,31)/b24-14-. The number of imide groups is 1. The van der Waals surface area contributed by atoms with Crippen LogP contribution in [0.5, 0.6) is 5.75 Å². The molecule has 6 nitrogen and oxygen atoms in total. The minimum Gasteiger partial charge on any atom is -0.484 e. The first-order chi connectivity index (χ1) is 16.8. The van der Waals surface area contributed by atoms with Crippen LogP contribution in [0.2, 0.25) is 0 Å². The summed E-state index contributed by atoms with van der Waals surface area (Å²) in [5.74, 6) is -0.0407. The van der Waals surface area contributed by atoms with Crippen LogP contribution in [-0.4, -0.2) is 28.6 Å². The molecule has 0 bridgehead atoms. The number of ether oxygens (including phenoxy) is 1. The summed E-state index contributed by atoms with van der Waals surface area (Å²) < 4.78 is 6.44. The molecule has 1 fully saturated rings. The number of hydrogen-bond acceptors (Lipinski definition) is 5. The molecule has 0 saturated carbocycles. The SMILES string of the molecule is Cc1cccc(NC(=O)COc2ccc(/C=C3\SC(=O)N(Cc4ccccc4Br)C3=O)cc2)c1C. The van der Waals surface area contributed by atoms with Gasteiger partial charge in [0.25, 0.3) is 17.1 Å². The smallest absolute Gasteiger partial charge is 0.293 e. The second-order valence-electron chi connectivity index (χ2n) is 8.01. The second kappa shape index (κ2) is 10.9. The van der Waals surface area contributed by atoms with Gasteiger partial charge in [-0.1, -0.05) is 58.4 Å². The first-order valence-electron chi connectivity index (χ1n) is 10.9. The van der Waals surface area contributed by atoms with E-state index in [9.17, 15) is 14.4 Å². The van der Waals surface area contributed by atoms with Gasteiger partial charge in [-0.2, -0.15) is 0 Å². The molecule has 0 spiro atoms. The predicted molar refractivity (Wildman–Crippen MR) is 142 cm³/mol. The average molecular weight is 551 g/mol. The van der Waals surface area contributed by atoms with Gasteiger partial charge in [-0.05, 0) is 78.2 Å². The van der Waals surface area contributed by atoms with E-state index in [1.165, 1.54) is 4.90 Å². The van der Waals surface area contributed by atoms with Crippen LogP contribution in [-0.2, 0) is 16.1 Å². The van der Waals surface area contributed by atoms with E-state index >= 15 is 0 Å². The van der Waals surface area contributed by atoms with Gasteiger partial charge in [0.15, 0.2) is 6.61 Å². The predicted octanol–water partition coefficient (Wildman–Crippen LogP) is 6.32. The molecular weight excluding hydrogens is 528 g/mol. The molecule has 3 aromatic carbocycles. The molecule has 0 radical (unpaired) electrons. The lowest BCUT2D eigenvalue weighted by Gasteiger charge is -2.13. The van der Waals surface area contributed by atoms with Crippen LogP contribution in [0.1, 0.15) is 22.3 Å². The number of amides is 3. The molecule has 1 saturated heterocycles.